The lowest BCUT2D eigenvalue weighted by Crippen LogP contribution is -2.40. The summed E-state index contributed by atoms with van der Waals surface area (Å²) in [5.41, 5.74) is -2.03. The molecule has 0 radical (unpaired) electrons. The van der Waals surface area contributed by atoms with Gasteiger partial charge in [0.15, 0.2) is 11.5 Å². The molecule has 0 atom stereocenters. The number of phenolic OH excluding ortho intramolecular Hbond substituents is 1. The number of fused-ring (bicyclic) bond motifs is 2. The van der Waals surface area contributed by atoms with Crippen molar-refractivity contribution in [2.45, 2.75) is 5.92 Å². The first-order valence-corrected chi connectivity index (χ1v) is 10.7. The molecule has 3 heterocycles. The van der Waals surface area contributed by atoms with Crippen molar-refractivity contribution in [3.05, 3.63) is 105 Å². The number of aromatic hydroxyl groups is 1. The number of methoxy groups -OCH3 is 1. The first-order valence-electron chi connectivity index (χ1n) is 9.94. The SMILES string of the molecule is COc1ccc(C2c3c([nH]c(=O)[nH]c3=O)N(c3ccc(Br)cc3)c3[nH]c(=O)[nH]c(=O)c32)cc1O. The maximum absolute atomic E-state index is 13.1. The molecule has 0 bridgehead atoms. The van der Waals surface area contributed by atoms with Crippen LogP contribution in [-0.4, -0.2) is 32.2 Å². The van der Waals surface area contributed by atoms with Crippen molar-refractivity contribution in [3.63, 3.8) is 0 Å². The van der Waals surface area contributed by atoms with Gasteiger partial charge in [0.2, 0.25) is 0 Å². The van der Waals surface area contributed by atoms with Crippen molar-refractivity contribution in [3.8, 4) is 11.5 Å². The van der Waals surface area contributed by atoms with Crippen LogP contribution in [0.15, 0.2) is 66.1 Å². The Morgan fingerprint density at radius 1 is 0.853 bits per heavy atom. The van der Waals surface area contributed by atoms with Crippen molar-refractivity contribution in [2.75, 3.05) is 12.0 Å². The monoisotopic (exact) mass is 525 g/mol. The Labute approximate surface area is 197 Å². The van der Waals surface area contributed by atoms with E-state index in [2.05, 4.69) is 35.9 Å². The molecule has 0 unspecified atom stereocenters. The highest BCUT2D eigenvalue weighted by Crippen LogP contribution is 2.47. The highest BCUT2D eigenvalue weighted by atomic mass is 79.9. The van der Waals surface area contributed by atoms with E-state index in [1.807, 2.05) is 0 Å². The van der Waals surface area contributed by atoms with Crippen molar-refractivity contribution in [1.29, 1.82) is 0 Å². The number of hydrogen-bond donors (Lipinski definition) is 5. The first kappa shape index (κ1) is 21.5. The lowest BCUT2D eigenvalue weighted by molar-refractivity contribution is 0.373. The van der Waals surface area contributed by atoms with Crippen molar-refractivity contribution in [2.24, 2.45) is 0 Å². The molecule has 2 aromatic heterocycles. The average molecular weight is 526 g/mol. The second-order valence-electron chi connectivity index (χ2n) is 7.52. The second-order valence-corrected chi connectivity index (χ2v) is 8.43. The second kappa shape index (κ2) is 7.92. The summed E-state index contributed by atoms with van der Waals surface area (Å²) >= 11 is 3.36. The van der Waals surface area contributed by atoms with Crippen LogP contribution in [0.2, 0.25) is 0 Å². The van der Waals surface area contributed by atoms with Crippen LogP contribution in [0.5, 0.6) is 11.5 Å². The van der Waals surface area contributed by atoms with Crippen LogP contribution in [0.4, 0.5) is 17.3 Å². The third-order valence-corrected chi connectivity index (χ3v) is 6.09. The fourth-order valence-electron chi connectivity index (χ4n) is 4.18. The van der Waals surface area contributed by atoms with E-state index < -0.39 is 28.4 Å². The van der Waals surface area contributed by atoms with Crippen LogP contribution < -0.4 is 32.1 Å². The van der Waals surface area contributed by atoms with Gasteiger partial charge >= 0.3 is 11.4 Å². The minimum Gasteiger partial charge on any atom is -0.504 e. The van der Waals surface area contributed by atoms with Gasteiger partial charge in [-0.1, -0.05) is 22.0 Å². The number of nitrogens with zero attached hydrogens (tertiary/aromatic N) is 1. The maximum atomic E-state index is 13.1. The summed E-state index contributed by atoms with van der Waals surface area (Å²) in [5, 5.41) is 10.4. The summed E-state index contributed by atoms with van der Waals surface area (Å²) < 4.78 is 5.87. The molecule has 2 aromatic carbocycles. The highest BCUT2D eigenvalue weighted by Gasteiger charge is 2.39. The molecule has 0 fully saturated rings. The molecule has 34 heavy (non-hydrogen) atoms. The van der Waals surface area contributed by atoms with Crippen LogP contribution in [0.1, 0.15) is 22.6 Å². The Hall–Kier alpha value is -4.32. The smallest absolute Gasteiger partial charge is 0.327 e. The molecule has 0 saturated heterocycles. The van der Waals surface area contributed by atoms with Crippen LogP contribution in [0, 0.1) is 0 Å². The number of halogens is 1. The van der Waals surface area contributed by atoms with E-state index in [4.69, 9.17) is 4.74 Å². The summed E-state index contributed by atoms with van der Waals surface area (Å²) in [6.07, 6.45) is 0. The minimum absolute atomic E-state index is 0.0529. The van der Waals surface area contributed by atoms with E-state index in [1.54, 1.807) is 30.3 Å². The van der Waals surface area contributed by atoms with Gasteiger partial charge in [0.1, 0.15) is 11.6 Å². The molecular formula is C22H16BrN5O6. The summed E-state index contributed by atoms with van der Waals surface area (Å²) in [6, 6.07) is 11.3. The van der Waals surface area contributed by atoms with Gasteiger partial charge < -0.3 is 9.84 Å². The van der Waals surface area contributed by atoms with Crippen molar-refractivity contribution < 1.29 is 9.84 Å². The molecule has 12 heteroatoms. The number of hydrogen-bond acceptors (Lipinski definition) is 7. The fourth-order valence-corrected chi connectivity index (χ4v) is 4.45. The largest absolute Gasteiger partial charge is 0.504 e. The lowest BCUT2D eigenvalue weighted by Gasteiger charge is -2.35. The molecule has 0 saturated carbocycles. The van der Waals surface area contributed by atoms with Gasteiger partial charge in [-0.15, -0.1) is 0 Å². The Balaban J connectivity index is 1.91. The third kappa shape index (κ3) is 3.35. The summed E-state index contributed by atoms with van der Waals surface area (Å²) in [5.74, 6) is -0.896. The summed E-state index contributed by atoms with van der Waals surface area (Å²) in [7, 11) is 1.39. The van der Waals surface area contributed by atoms with Gasteiger partial charge in [-0.05, 0) is 42.0 Å². The Morgan fingerprint density at radius 2 is 1.41 bits per heavy atom. The fraction of sp³-hybridized carbons (Fsp3) is 0.0909. The van der Waals surface area contributed by atoms with Crippen LogP contribution in [-0.2, 0) is 0 Å². The zero-order chi connectivity index (χ0) is 24.1. The number of aromatic amines is 4. The molecule has 0 aliphatic carbocycles. The van der Waals surface area contributed by atoms with Crippen LogP contribution >= 0.6 is 15.9 Å². The zero-order valence-electron chi connectivity index (χ0n) is 17.4. The summed E-state index contributed by atoms with van der Waals surface area (Å²) in [6.45, 7) is 0. The molecule has 172 valence electrons. The van der Waals surface area contributed by atoms with Crippen molar-refractivity contribution in [1.82, 2.24) is 19.9 Å². The van der Waals surface area contributed by atoms with E-state index in [9.17, 15) is 24.3 Å². The Bertz CT molecular complexity index is 1590. The van der Waals surface area contributed by atoms with Crippen molar-refractivity contribution >= 4 is 33.3 Å². The zero-order valence-corrected chi connectivity index (χ0v) is 19.0. The standard InChI is InChI=1S/C22H16BrN5O6/c1-34-13-7-2-9(8-12(13)29)14-15-17(24-21(32)26-19(15)30)28(11-5-3-10(23)4-6-11)18-16(14)20(31)27-22(33)25-18/h2-8,14,29H,1H3,(H2,24,26,30,32)(H2,25,27,31,33). The molecule has 4 aromatic rings. The maximum Gasteiger partial charge on any atom is 0.327 e. The number of nitrogens with one attached hydrogen (secondary N) is 4. The quantitative estimate of drug-likeness (QED) is 0.240. The predicted molar refractivity (Wildman–Crippen MR) is 127 cm³/mol. The van der Waals surface area contributed by atoms with E-state index in [-0.39, 0.29) is 34.3 Å². The van der Waals surface area contributed by atoms with E-state index >= 15 is 0 Å². The normalized spacial score (nSPS) is 12.8. The number of rotatable bonds is 3. The molecular weight excluding hydrogens is 510 g/mol. The van der Waals surface area contributed by atoms with Gasteiger partial charge in [-0.3, -0.25) is 34.4 Å². The highest BCUT2D eigenvalue weighted by molar-refractivity contribution is 9.10. The third-order valence-electron chi connectivity index (χ3n) is 5.56. The average Bonchev–Trinajstić information content (AvgIpc) is 2.78. The minimum atomic E-state index is -1.03. The Kier molecular flexibility index (Phi) is 5.01. The topological polar surface area (TPSA) is 164 Å². The lowest BCUT2D eigenvalue weighted by atomic mass is 9.83. The molecule has 1 aliphatic rings. The molecule has 5 rings (SSSR count). The van der Waals surface area contributed by atoms with Crippen LogP contribution in [0.3, 0.4) is 0 Å². The first-order chi connectivity index (χ1) is 16.3. The molecule has 5 N–H and O–H groups in total. The van der Waals surface area contributed by atoms with E-state index in [0.29, 0.717) is 11.3 Å². The van der Waals surface area contributed by atoms with Gasteiger partial charge in [0.25, 0.3) is 11.1 Å². The summed E-state index contributed by atoms with van der Waals surface area (Å²) in [4.78, 5) is 61.9. The van der Waals surface area contributed by atoms with Gasteiger partial charge in [-0.2, -0.15) is 0 Å². The Morgan fingerprint density at radius 3 is 1.91 bits per heavy atom. The molecule has 1 aliphatic heterocycles. The van der Waals surface area contributed by atoms with E-state index in [1.165, 1.54) is 24.1 Å². The molecule has 0 spiro atoms. The predicted octanol–water partition coefficient (Wildman–Crippen LogP) is 1.88. The van der Waals surface area contributed by atoms with Gasteiger partial charge in [0.05, 0.1) is 24.2 Å². The number of phenols is 1. The van der Waals surface area contributed by atoms with Gasteiger partial charge in [-0.25, -0.2) is 9.59 Å². The molecule has 0 amide bonds. The molecule has 11 nitrogen and oxygen atoms in total. The van der Waals surface area contributed by atoms with E-state index in [0.717, 1.165) is 4.47 Å². The number of aromatic nitrogens is 4. The number of anilines is 3. The van der Waals surface area contributed by atoms with Crippen LogP contribution in [0.25, 0.3) is 0 Å². The number of benzene rings is 2. The number of H-pyrrole nitrogens is 4. The number of ether oxygens (including phenoxy) is 1. The van der Waals surface area contributed by atoms with Gasteiger partial charge in [0, 0.05) is 10.2 Å².